The Morgan fingerprint density at radius 2 is 1.34 bits per heavy atom. The average Bonchev–Trinajstić information content (AvgIpc) is 3.93. The van der Waals surface area contributed by atoms with Gasteiger partial charge in [-0.25, -0.2) is 4.79 Å². The van der Waals surface area contributed by atoms with Gasteiger partial charge in [0.25, 0.3) is 0 Å². The Kier molecular flexibility index (Phi) is 19.0. The Morgan fingerprint density at radius 3 is 1.88 bits per heavy atom. The maximum Gasteiger partial charge on any atom is 0.326 e. The number of aliphatic hydroxyl groups is 2. The van der Waals surface area contributed by atoms with E-state index in [9.17, 15) is 53.7 Å². The van der Waals surface area contributed by atoms with Crippen molar-refractivity contribution >= 4 is 47.3 Å². The number of hydrogen-bond acceptors (Lipinski definition) is 11. The highest BCUT2D eigenvalue weighted by Crippen LogP contribution is 2.19. The molecule has 1 aromatic carbocycles. The van der Waals surface area contributed by atoms with Gasteiger partial charge in [-0.2, -0.15) is 0 Å². The molecule has 2 aliphatic heterocycles. The third-order valence-corrected chi connectivity index (χ3v) is 10.3. The van der Waals surface area contributed by atoms with Crippen molar-refractivity contribution in [3.05, 3.63) is 35.9 Å². The van der Waals surface area contributed by atoms with Crippen LogP contribution in [0.25, 0.3) is 0 Å². The molecule has 2 saturated heterocycles. The molecule has 19 nitrogen and oxygen atoms in total. The van der Waals surface area contributed by atoms with Gasteiger partial charge in [-0.15, -0.1) is 0 Å². The second-order valence-electron chi connectivity index (χ2n) is 15.3. The number of carboxylic acid groups (broad SMARTS) is 1. The fourth-order valence-corrected chi connectivity index (χ4v) is 6.80. The second kappa shape index (κ2) is 23.3. The summed E-state index contributed by atoms with van der Waals surface area (Å²) in [6.45, 7) is 6.02. The minimum atomic E-state index is -1.64. The Hall–Kier alpha value is -5.14. The van der Waals surface area contributed by atoms with Crippen LogP contribution < -0.4 is 37.2 Å². The van der Waals surface area contributed by atoms with E-state index in [4.69, 9.17) is 0 Å². The number of amides is 7. The van der Waals surface area contributed by atoms with E-state index >= 15 is 0 Å². The number of nitrogens with one attached hydrogen (secondary N) is 7. The van der Waals surface area contributed by atoms with Gasteiger partial charge in [0.05, 0.1) is 25.8 Å². The monoisotopic (exact) mass is 816 g/mol. The molecule has 8 atom stereocenters. The van der Waals surface area contributed by atoms with Crippen molar-refractivity contribution in [2.24, 2.45) is 11.8 Å². The number of aliphatic carboxylic acids is 1. The highest BCUT2D eigenvalue weighted by atomic mass is 16.4. The van der Waals surface area contributed by atoms with Crippen molar-refractivity contribution in [1.82, 2.24) is 42.1 Å². The number of nitrogens with zero attached hydrogens (tertiary/aromatic N) is 1. The van der Waals surface area contributed by atoms with Crippen molar-refractivity contribution < 1.29 is 53.7 Å². The van der Waals surface area contributed by atoms with Gasteiger partial charge in [0.15, 0.2) is 0 Å². The SMILES string of the molecule is CC[C@H](C)[C@H](NC(=O)[C@@H]1CCCN1C(=O)CNC(=O)[C@@H]1CCCN1)C(=O)N[C@@H](CC(C)C)C(=O)N[C@@H](CO)C(=O)N[C@@H](CO)C(=O)N[C@@H](Cc1ccccc1)C(=O)O. The lowest BCUT2D eigenvalue weighted by Crippen LogP contribution is -2.61. The Labute approximate surface area is 338 Å². The third kappa shape index (κ3) is 14.1. The lowest BCUT2D eigenvalue weighted by atomic mass is 9.96. The molecule has 322 valence electrons. The van der Waals surface area contributed by atoms with Gasteiger partial charge in [-0.1, -0.05) is 64.4 Å². The van der Waals surface area contributed by atoms with Crippen LogP contribution >= 0.6 is 0 Å². The Bertz CT molecular complexity index is 1590. The number of rotatable bonds is 22. The molecule has 0 saturated carbocycles. The summed E-state index contributed by atoms with van der Waals surface area (Å²) in [5, 5.41) is 47.6. The zero-order chi connectivity index (χ0) is 42.9. The average molecular weight is 817 g/mol. The van der Waals surface area contributed by atoms with E-state index in [2.05, 4.69) is 37.2 Å². The normalized spacial score (nSPS) is 19.5. The van der Waals surface area contributed by atoms with Crippen LogP contribution in [0.5, 0.6) is 0 Å². The first kappa shape index (κ1) is 47.2. The maximum absolute atomic E-state index is 13.8. The van der Waals surface area contributed by atoms with Crippen LogP contribution in [0, 0.1) is 11.8 Å². The quantitative estimate of drug-likeness (QED) is 0.0591. The molecular formula is C39H60N8O11. The maximum atomic E-state index is 13.8. The van der Waals surface area contributed by atoms with Gasteiger partial charge >= 0.3 is 5.97 Å². The lowest BCUT2D eigenvalue weighted by molar-refractivity contribution is -0.142. The molecule has 0 spiro atoms. The van der Waals surface area contributed by atoms with Crippen molar-refractivity contribution in [2.75, 3.05) is 32.8 Å². The van der Waals surface area contributed by atoms with Crippen LogP contribution in [-0.4, -0.2) is 143 Å². The van der Waals surface area contributed by atoms with E-state index in [1.165, 1.54) is 4.90 Å². The van der Waals surface area contributed by atoms with Crippen LogP contribution in [0.15, 0.2) is 30.3 Å². The first-order valence-corrected chi connectivity index (χ1v) is 19.9. The van der Waals surface area contributed by atoms with Crippen LogP contribution in [0.3, 0.4) is 0 Å². The smallest absolute Gasteiger partial charge is 0.326 e. The topological polar surface area (TPSA) is 285 Å². The minimum Gasteiger partial charge on any atom is -0.480 e. The summed E-state index contributed by atoms with van der Waals surface area (Å²) < 4.78 is 0. The van der Waals surface area contributed by atoms with Crippen molar-refractivity contribution in [3.63, 3.8) is 0 Å². The molecule has 0 aromatic heterocycles. The van der Waals surface area contributed by atoms with Gasteiger partial charge in [-0.05, 0) is 56.0 Å². The summed E-state index contributed by atoms with van der Waals surface area (Å²) in [6.07, 6.45) is 2.89. The molecule has 2 fully saturated rings. The van der Waals surface area contributed by atoms with Crippen LogP contribution in [0.1, 0.15) is 71.8 Å². The number of benzene rings is 1. The van der Waals surface area contributed by atoms with Crippen molar-refractivity contribution in [1.29, 1.82) is 0 Å². The van der Waals surface area contributed by atoms with Crippen LogP contribution in [0.4, 0.5) is 0 Å². The standard InChI is InChI=1S/C39H60N8O11/c1-5-23(4)32(46-37(55)30-14-10-16-47(30)31(50)19-41-33(51)25-13-9-15-40-25)38(56)42-26(17-22(2)3)34(52)44-29(21-49)36(54)45-28(20-48)35(53)43-27(39(57)58)18-24-11-7-6-8-12-24/h6-8,11-12,22-23,25-30,32,40,48-49H,5,9-10,13-21H2,1-4H3,(H,41,51)(H,42,56)(H,43,53)(H,44,52)(H,45,54)(H,46,55)(H,57,58)/t23-,25-,26-,27-,28-,29-,30-,32-/m0/s1. The minimum absolute atomic E-state index is 0.0774. The van der Waals surface area contributed by atoms with Gasteiger partial charge in [0.2, 0.25) is 41.4 Å². The van der Waals surface area contributed by atoms with Gasteiger partial charge in [-0.3, -0.25) is 33.6 Å². The van der Waals surface area contributed by atoms with E-state index in [1.807, 2.05) is 6.92 Å². The molecule has 0 unspecified atom stereocenters. The molecule has 0 radical (unpaired) electrons. The molecule has 19 heteroatoms. The number of aliphatic hydroxyl groups excluding tert-OH is 2. The molecule has 1 aromatic rings. The summed E-state index contributed by atoms with van der Waals surface area (Å²) in [6, 6.07) is 0.205. The Morgan fingerprint density at radius 1 is 0.759 bits per heavy atom. The highest BCUT2D eigenvalue weighted by Gasteiger charge is 2.38. The summed E-state index contributed by atoms with van der Waals surface area (Å²) >= 11 is 0. The van der Waals surface area contributed by atoms with E-state index in [0.717, 1.165) is 13.0 Å². The van der Waals surface area contributed by atoms with Gasteiger partial charge in [0.1, 0.15) is 36.3 Å². The number of likely N-dealkylation sites (tertiary alicyclic amines) is 1. The summed E-state index contributed by atoms with van der Waals surface area (Å²) in [5.41, 5.74) is 0.617. The van der Waals surface area contributed by atoms with E-state index in [0.29, 0.717) is 37.8 Å². The first-order valence-electron chi connectivity index (χ1n) is 19.9. The summed E-state index contributed by atoms with van der Waals surface area (Å²) in [4.78, 5) is 106. The van der Waals surface area contributed by atoms with Crippen molar-refractivity contribution in [2.45, 2.75) is 115 Å². The molecule has 3 rings (SSSR count). The van der Waals surface area contributed by atoms with Crippen LogP contribution in [0.2, 0.25) is 0 Å². The summed E-state index contributed by atoms with van der Waals surface area (Å²) in [7, 11) is 0. The number of hydrogen-bond donors (Lipinski definition) is 10. The first-order chi connectivity index (χ1) is 27.6. The fraction of sp³-hybridized carbons (Fsp3) is 0.641. The van der Waals surface area contributed by atoms with E-state index < -0.39 is 96.8 Å². The largest absolute Gasteiger partial charge is 0.480 e. The lowest BCUT2D eigenvalue weighted by Gasteiger charge is -2.30. The fourth-order valence-electron chi connectivity index (χ4n) is 6.80. The zero-order valence-corrected chi connectivity index (χ0v) is 33.6. The van der Waals surface area contributed by atoms with Gasteiger partial charge < -0.3 is 57.4 Å². The number of carboxylic acids is 1. The molecular weight excluding hydrogens is 756 g/mol. The highest BCUT2D eigenvalue weighted by molar-refractivity contribution is 5.97. The molecule has 2 aliphatic rings. The van der Waals surface area contributed by atoms with E-state index in [1.54, 1.807) is 51.1 Å². The predicted octanol–water partition coefficient (Wildman–Crippen LogP) is -2.33. The molecule has 0 aliphatic carbocycles. The van der Waals surface area contributed by atoms with Crippen molar-refractivity contribution in [3.8, 4) is 0 Å². The summed E-state index contributed by atoms with van der Waals surface area (Å²) in [5.74, 6) is -6.82. The molecule has 2 heterocycles. The molecule has 58 heavy (non-hydrogen) atoms. The Balaban J connectivity index is 1.65. The second-order valence-corrected chi connectivity index (χ2v) is 15.3. The molecule has 7 amide bonds. The van der Waals surface area contributed by atoms with E-state index in [-0.39, 0.29) is 37.3 Å². The number of carbonyl (C=O) groups is 8. The van der Waals surface area contributed by atoms with Gasteiger partial charge in [0, 0.05) is 13.0 Å². The van der Waals surface area contributed by atoms with Crippen LogP contribution in [-0.2, 0) is 44.8 Å². The third-order valence-electron chi connectivity index (χ3n) is 10.3. The predicted molar refractivity (Wildman–Crippen MR) is 209 cm³/mol. The molecule has 0 bridgehead atoms. The number of carbonyl (C=O) groups excluding carboxylic acids is 7. The zero-order valence-electron chi connectivity index (χ0n) is 33.6. The molecule has 10 N–H and O–H groups in total.